The summed E-state index contributed by atoms with van der Waals surface area (Å²) >= 11 is 0. The number of nitrogens with zero attached hydrogens (tertiary/aromatic N) is 5. The zero-order valence-electron chi connectivity index (χ0n) is 9.44. The zero-order chi connectivity index (χ0) is 12.7. The van der Waals surface area contributed by atoms with Crippen molar-refractivity contribution in [1.82, 2.24) is 14.3 Å². The van der Waals surface area contributed by atoms with Gasteiger partial charge in [0.1, 0.15) is 0 Å². The van der Waals surface area contributed by atoms with Gasteiger partial charge in [0.2, 0.25) is 0 Å². The molecule has 1 N–H and O–H groups in total. The second-order valence-corrected chi connectivity index (χ2v) is 4.96. The Bertz CT molecular complexity index is 502. The van der Waals surface area contributed by atoms with Crippen molar-refractivity contribution in [2.75, 3.05) is 13.1 Å². The Morgan fingerprint density at radius 3 is 3.00 bits per heavy atom. The van der Waals surface area contributed by atoms with Crippen LogP contribution in [0, 0.1) is 0 Å². The average molecular weight is 258 g/mol. The summed E-state index contributed by atoms with van der Waals surface area (Å²) in [5, 5.41) is 3.31. The molecule has 0 spiro atoms. The Balaban J connectivity index is 2.53. The number of aryl methyl sites for hydroxylation is 1. The minimum absolute atomic E-state index is 0.00290. The zero-order valence-corrected chi connectivity index (χ0v) is 10.3. The van der Waals surface area contributed by atoms with E-state index in [0.717, 1.165) is 0 Å². The van der Waals surface area contributed by atoms with Gasteiger partial charge in [-0.1, -0.05) is 5.11 Å². The topological polar surface area (TPSA) is 113 Å². The maximum absolute atomic E-state index is 11.7. The SMILES string of the molecule is CCn1cnc(S(=O)(=O)NCCCN=[N+]=[N-])c1. The number of nitrogens with one attached hydrogen (secondary N) is 1. The summed E-state index contributed by atoms with van der Waals surface area (Å²) in [6.45, 7) is 3.05. The third-order valence-corrected chi connectivity index (χ3v) is 3.39. The van der Waals surface area contributed by atoms with Crippen molar-refractivity contribution in [1.29, 1.82) is 0 Å². The maximum atomic E-state index is 11.7. The summed E-state index contributed by atoms with van der Waals surface area (Å²) in [5.74, 6) is 0. The van der Waals surface area contributed by atoms with Crippen LogP contribution < -0.4 is 4.72 Å². The Morgan fingerprint density at radius 1 is 1.65 bits per heavy atom. The molecule has 94 valence electrons. The number of rotatable bonds is 7. The fraction of sp³-hybridized carbons (Fsp3) is 0.625. The largest absolute Gasteiger partial charge is 0.336 e. The minimum atomic E-state index is -3.55. The minimum Gasteiger partial charge on any atom is -0.336 e. The van der Waals surface area contributed by atoms with E-state index in [9.17, 15) is 8.42 Å². The molecule has 8 nitrogen and oxygen atoms in total. The molecule has 0 aliphatic carbocycles. The molecule has 0 aliphatic rings. The molecule has 0 atom stereocenters. The highest BCUT2D eigenvalue weighted by atomic mass is 32.2. The summed E-state index contributed by atoms with van der Waals surface area (Å²) in [4.78, 5) is 6.38. The van der Waals surface area contributed by atoms with Crippen LogP contribution in [0.2, 0.25) is 0 Å². The molecule has 0 amide bonds. The average Bonchev–Trinajstić information content (AvgIpc) is 2.78. The predicted octanol–water partition coefficient (Wildman–Crippen LogP) is 0.882. The third-order valence-electron chi connectivity index (χ3n) is 2.04. The molecule has 1 aromatic heterocycles. The van der Waals surface area contributed by atoms with Crippen LogP contribution in [0.15, 0.2) is 22.7 Å². The Kier molecular flexibility index (Phi) is 4.95. The molecular weight excluding hydrogens is 244 g/mol. The van der Waals surface area contributed by atoms with E-state index in [2.05, 4.69) is 19.7 Å². The fourth-order valence-electron chi connectivity index (χ4n) is 1.13. The first-order valence-corrected chi connectivity index (χ1v) is 6.60. The van der Waals surface area contributed by atoms with Gasteiger partial charge in [0, 0.05) is 30.7 Å². The Labute approximate surface area is 99.3 Å². The lowest BCUT2D eigenvalue weighted by atomic mass is 10.4. The molecule has 1 aromatic rings. The highest BCUT2D eigenvalue weighted by Crippen LogP contribution is 2.04. The summed E-state index contributed by atoms with van der Waals surface area (Å²) in [6, 6.07) is 0. The van der Waals surface area contributed by atoms with Gasteiger partial charge in [0.15, 0.2) is 5.03 Å². The molecule has 0 saturated heterocycles. The molecule has 0 aromatic carbocycles. The molecule has 0 unspecified atom stereocenters. The number of azide groups is 1. The summed E-state index contributed by atoms with van der Waals surface area (Å²) in [7, 11) is -3.55. The van der Waals surface area contributed by atoms with E-state index in [1.165, 1.54) is 12.5 Å². The quantitative estimate of drug-likeness (QED) is 0.339. The van der Waals surface area contributed by atoms with Gasteiger partial charge in [-0.2, -0.15) is 0 Å². The molecule has 1 rings (SSSR count). The van der Waals surface area contributed by atoms with Gasteiger partial charge >= 0.3 is 0 Å². The van der Waals surface area contributed by atoms with Crippen LogP contribution in [0.25, 0.3) is 10.4 Å². The van der Waals surface area contributed by atoms with E-state index >= 15 is 0 Å². The molecule has 0 bridgehead atoms. The lowest BCUT2D eigenvalue weighted by Crippen LogP contribution is -2.25. The molecule has 0 fully saturated rings. The molecule has 0 aliphatic heterocycles. The van der Waals surface area contributed by atoms with Crippen molar-refractivity contribution < 1.29 is 8.42 Å². The van der Waals surface area contributed by atoms with Crippen molar-refractivity contribution in [2.24, 2.45) is 5.11 Å². The van der Waals surface area contributed by atoms with Crippen molar-refractivity contribution >= 4 is 10.0 Å². The lowest BCUT2D eigenvalue weighted by molar-refractivity contribution is 0.576. The van der Waals surface area contributed by atoms with Crippen molar-refractivity contribution in [3.63, 3.8) is 0 Å². The van der Waals surface area contributed by atoms with E-state index in [-0.39, 0.29) is 18.1 Å². The van der Waals surface area contributed by atoms with E-state index in [1.807, 2.05) is 6.92 Å². The van der Waals surface area contributed by atoms with Crippen LogP contribution in [0.4, 0.5) is 0 Å². The number of aromatic nitrogens is 2. The van der Waals surface area contributed by atoms with Crippen molar-refractivity contribution in [3.05, 3.63) is 23.0 Å². The van der Waals surface area contributed by atoms with Gasteiger partial charge in [-0.15, -0.1) is 0 Å². The van der Waals surface area contributed by atoms with Crippen LogP contribution in [0.3, 0.4) is 0 Å². The van der Waals surface area contributed by atoms with E-state index in [1.54, 1.807) is 4.57 Å². The second-order valence-electron chi connectivity index (χ2n) is 3.25. The number of hydrogen-bond acceptors (Lipinski definition) is 4. The summed E-state index contributed by atoms with van der Waals surface area (Å²) in [6.07, 6.45) is 3.39. The van der Waals surface area contributed by atoms with Crippen LogP contribution >= 0.6 is 0 Å². The first-order chi connectivity index (χ1) is 8.10. The van der Waals surface area contributed by atoms with Crippen LogP contribution in [0.1, 0.15) is 13.3 Å². The molecule has 17 heavy (non-hydrogen) atoms. The molecule has 0 saturated carbocycles. The molecule has 1 heterocycles. The molecule has 0 radical (unpaired) electrons. The number of hydrogen-bond donors (Lipinski definition) is 1. The van der Waals surface area contributed by atoms with Gasteiger partial charge in [0.25, 0.3) is 10.0 Å². The highest BCUT2D eigenvalue weighted by Gasteiger charge is 2.15. The third kappa shape index (κ3) is 4.06. The predicted molar refractivity (Wildman–Crippen MR) is 61.7 cm³/mol. The first-order valence-electron chi connectivity index (χ1n) is 5.12. The van der Waals surface area contributed by atoms with Crippen LogP contribution in [0.5, 0.6) is 0 Å². The monoisotopic (exact) mass is 258 g/mol. The smallest absolute Gasteiger partial charge is 0.259 e. The van der Waals surface area contributed by atoms with E-state index < -0.39 is 10.0 Å². The number of sulfonamides is 1. The Hall–Kier alpha value is -1.57. The van der Waals surface area contributed by atoms with E-state index in [4.69, 9.17) is 5.53 Å². The Morgan fingerprint density at radius 2 is 2.41 bits per heavy atom. The summed E-state index contributed by atoms with van der Waals surface area (Å²) in [5.41, 5.74) is 8.04. The fourth-order valence-corrected chi connectivity index (χ4v) is 2.15. The summed E-state index contributed by atoms with van der Waals surface area (Å²) < 4.78 is 27.5. The highest BCUT2D eigenvalue weighted by molar-refractivity contribution is 7.89. The van der Waals surface area contributed by atoms with Crippen LogP contribution in [-0.4, -0.2) is 31.1 Å². The normalized spacial score (nSPS) is 11.1. The van der Waals surface area contributed by atoms with Gasteiger partial charge in [-0.05, 0) is 18.9 Å². The van der Waals surface area contributed by atoms with E-state index in [0.29, 0.717) is 13.0 Å². The van der Waals surface area contributed by atoms with Crippen molar-refractivity contribution in [3.8, 4) is 0 Å². The lowest BCUT2D eigenvalue weighted by Gasteiger charge is -2.02. The first kappa shape index (κ1) is 13.5. The van der Waals surface area contributed by atoms with Gasteiger partial charge in [-0.25, -0.2) is 18.1 Å². The standard InChI is InChI=1S/C8H14N6O2S/c1-2-14-6-8(10-7-14)17(15,16)12-5-3-4-11-13-9/h6-7,12H,2-5H2,1H3. The van der Waals surface area contributed by atoms with Gasteiger partial charge in [0.05, 0.1) is 6.33 Å². The number of imidazole rings is 1. The second kappa shape index (κ2) is 6.24. The van der Waals surface area contributed by atoms with Gasteiger partial charge < -0.3 is 4.57 Å². The van der Waals surface area contributed by atoms with Crippen molar-refractivity contribution in [2.45, 2.75) is 24.9 Å². The maximum Gasteiger partial charge on any atom is 0.259 e. The molecular formula is C8H14N6O2S. The van der Waals surface area contributed by atoms with Gasteiger partial charge in [-0.3, -0.25) is 0 Å². The van der Waals surface area contributed by atoms with Crippen LogP contribution in [-0.2, 0) is 16.6 Å². The molecule has 9 heteroatoms.